The molecule has 4 nitrogen and oxygen atoms in total. The molecule has 0 radical (unpaired) electrons. The Morgan fingerprint density at radius 1 is 1.25 bits per heavy atom. The minimum atomic E-state index is 0. The monoisotopic (exact) mass is 319 g/mol. The van der Waals surface area contributed by atoms with Gasteiger partial charge in [0.15, 0.2) is 0 Å². The standard InChI is InChI=1S/C12H14ClNO.C2H8N2.ClH/c13-9-10-3-5-11(6-4-10)12(15)14-7-1-2-8-14;1-4(2)3;/h3-6H,1-2,7-9H2;3H2,1-2H3;1H. The number of hydrogen-bond donors (Lipinski definition) is 1. The Kier molecular flexibility index (Phi) is 9.59. The molecule has 0 atom stereocenters. The molecule has 1 aliphatic rings. The Labute approximate surface area is 132 Å². The lowest BCUT2D eigenvalue weighted by Gasteiger charge is -2.15. The van der Waals surface area contributed by atoms with Crippen LogP contribution in [0.5, 0.6) is 0 Å². The molecule has 1 fully saturated rings. The van der Waals surface area contributed by atoms with Gasteiger partial charge in [-0.3, -0.25) is 15.6 Å². The number of carbonyl (C=O) groups excluding carboxylic acids is 1. The van der Waals surface area contributed by atoms with Crippen molar-refractivity contribution in [2.24, 2.45) is 5.84 Å². The fourth-order valence-corrected chi connectivity index (χ4v) is 2.02. The summed E-state index contributed by atoms with van der Waals surface area (Å²) >= 11 is 5.69. The van der Waals surface area contributed by atoms with E-state index in [9.17, 15) is 4.79 Å². The Balaban J connectivity index is 0.000000644. The first-order valence-electron chi connectivity index (χ1n) is 6.40. The third kappa shape index (κ3) is 6.57. The summed E-state index contributed by atoms with van der Waals surface area (Å²) in [4.78, 5) is 13.9. The smallest absolute Gasteiger partial charge is 0.253 e. The molecule has 1 amide bonds. The molecule has 0 unspecified atom stereocenters. The van der Waals surface area contributed by atoms with E-state index in [1.165, 1.54) is 5.01 Å². The second-order valence-electron chi connectivity index (χ2n) is 4.79. The lowest BCUT2D eigenvalue weighted by molar-refractivity contribution is 0.0793. The number of nitrogens with two attached hydrogens (primary N) is 1. The maximum Gasteiger partial charge on any atom is 0.253 e. The Hall–Kier alpha value is -0.810. The van der Waals surface area contributed by atoms with E-state index in [2.05, 4.69) is 0 Å². The van der Waals surface area contributed by atoms with Gasteiger partial charge in [-0.05, 0) is 30.5 Å². The molecule has 20 heavy (non-hydrogen) atoms. The number of carbonyl (C=O) groups is 1. The van der Waals surface area contributed by atoms with Gasteiger partial charge in [-0.25, -0.2) is 0 Å². The van der Waals surface area contributed by atoms with Crippen LogP contribution in [0.4, 0.5) is 0 Å². The highest BCUT2D eigenvalue weighted by Gasteiger charge is 2.18. The molecule has 0 aliphatic carbocycles. The first kappa shape index (κ1) is 19.2. The van der Waals surface area contributed by atoms with Gasteiger partial charge < -0.3 is 4.90 Å². The second-order valence-corrected chi connectivity index (χ2v) is 5.06. The van der Waals surface area contributed by atoms with E-state index in [1.54, 1.807) is 14.1 Å². The maximum absolute atomic E-state index is 11.9. The largest absolute Gasteiger partial charge is 0.339 e. The molecule has 114 valence electrons. The highest BCUT2D eigenvalue weighted by Crippen LogP contribution is 2.14. The summed E-state index contributed by atoms with van der Waals surface area (Å²) in [6, 6.07) is 7.54. The molecule has 1 aromatic rings. The Bertz CT molecular complexity index is 387. The van der Waals surface area contributed by atoms with Gasteiger partial charge in [-0.1, -0.05) is 12.1 Å². The summed E-state index contributed by atoms with van der Waals surface area (Å²) in [7, 11) is 3.56. The lowest BCUT2D eigenvalue weighted by Crippen LogP contribution is -2.27. The number of nitrogens with zero attached hydrogens (tertiary/aromatic N) is 2. The SMILES string of the molecule is CN(C)N.Cl.O=C(c1ccc(CCl)cc1)N1CCCC1. The molecule has 1 saturated heterocycles. The number of likely N-dealkylation sites (tertiary alicyclic amines) is 1. The van der Waals surface area contributed by atoms with Crippen molar-refractivity contribution in [3.63, 3.8) is 0 Å². The number of hydrazine groups is 1. The first-order chi connectivity index (χ1) is 9.04. The van der Waals surface area contributed by atoms with Gasteiger partial charge in [0.05, 0.1) is 0 Å². The zero-order valence-electron chi connectivity index (χ0n) is 12.0. The summed E-state index contributed by atoms with van der Waals surface area (Å²) < 4.78 is 0. The van der Waals surface area contributed by atoms with Crippen LogP contribution in [0.3, 0.4) is 0 Å². The summed E-state index contributed by atoms with van der Waals surface area (Å²) in [5.74, 6) is 5.59. The summed E-state index contributed by atoms with van der Waals surface area (Å²) in [6.07, 6.45) is 2.26. The van der Waals surface area contributed by atoms with Crippen molar-refractivity contribution in [1.29, 1.82) is 0 Å². The van der Waals surface area contributed by atoms with Crippen molar-refractivity contribution in [3.8, 4) is 0 Å². The third-order valence-electron chi connectivity index (χ3n) is 2.75. The molecule has 1 aliphatic heterocycles. The number of benzene rings is 1. The summed E-state index contributed by atoms with van der Waals surface area (Å²) in [5, 5.41) is 1.50. The van der Waals surface area contributed by atoms with Crippen LogP contribution in [-0.4, -0.2) is 43.0 Å². The van der Waals surface area contributed by atoms with Gasteiger partial charge in [0.1, 0.15) is 0 Å². The molecule has 0 aromatic heterocycles. The lowest BCUT2D eigenvalue weighted by atomic mass is 10.1. The van der Waals surface area contributed by atoms with E-state index < -0.39 is 0 Å². The van der Waals surface area contributed by atoms with Gasteiger partial charge in [0.2, 0.25) is 0 Å². The topological polar surface area (TPSA) is 49.6 Å². The molecule has 1 aromatic carbocycles. The molecule has 0 bridgehead atoms. The highest BCUT2D eigenvalue weighted by atomic mass is 35.5. The summed E-state index contributed by atoms with van der Waals surface area (Å²) in [6.45, 7) is 1.80. The van der Waals surface area contributed by atoms with Gasteiger partial charge >= 0.3 is 0 Å². The molecule has 0 spiro atoms. The van der Waals surface area contributed by atoms with E-state index in [4.69, 9.17) is 17.4 Å². The summed E-state index contributed by atoms with van der Waals surface area (Å²) in [5.41, 5.74) is 1.82. The van der Waals surface area contributed by atoms with Crippen LogP contribution >= 0.6 is 24.0 Å². The van der Waals surface area contributed by atoms with E-state index in [1.807, 2.05) is 29.2 Å². The van der Waals surface area contributed by atoms with Crippen LogP contribution in [0.25, 0.3) is 0 Å². The molecule has 2 N–H and O–H groups in total. The fraction of sp³-hybridized carbons (Fsp3) is 0.500. The number of halogens is 2. The zero-order valence-corrected chi connectivity index (χ0v) is 13.6. The van der Waals surface area contributed by atoms with E-state index in [-0.39, 0.29) is 18.3 Å². The molecule has 1 heterocycles. The van der Waals surface area contributed by atoms with Crippen LogP contribution < -0.4 is 5.84 Å². The first-order valence-corrected chi connectivity index (χ1v) is 6.94. The van der Waals surface area contributed by atoms with Crippen LogP contribution in [0.15, 0.2) is 24.3 Å². The van der Waals surface area contributed by atoms with Crippen molar-refractivity contribution in [3.05, 3.63) is 35.4 Å². The number of amides is 1. The number of rotatable bonds is 2. The van der Waals surface area contributed by atoms with E-state index in [0.29, 0.717) is 5.88 Å². The van der Waals surface area contributed by atoms with Gasteiger partial charge in [0.25, 0.3) is 5.91 Å². The van der Waals surface area contributed by atoms with Gasteiger partial charge in [0, 0.05) is 38.6 Å². The average molecular weight is 320 g/mol. The average Bonchev–Trinajstić information content (AvgIpc) is 2.91. The molecular weight excluding hydrogens is 297 g/mol. The second kappa shape index (κ2) is 10.00. The predicted molar refractivity (Wildman–Crippen MR) is 86.3 cm³/mol. The molecular formula is C14H23Cl2N3O. The molecule has 2 rings (SSSR count). The van der Waals surface area contributed by atoms with Gasteiger partial charge in [-0.2, -0.15) is 0 Å². The van der Waals surface area contributed by atoms with Crippen molar-refractivity contribution >= 4 is 29.9 Å². The van der Waals surface area contributed by atoms with Crippen molar-refractivity contribution in [1.82, 2.24) is 9.91 Å². The minimum absolute atomic E-state index is 0. The van der Waals surface area contributed by atoms with Crippen molar-refractivity contribution in [2.75, 3.05) is 27.2 Å². The minimum Gasteiger partial charge on any atom is -0.339 e. The third-order valence-corrected chi connectivity index (χ3v) is 3.06. The van der Waals surface area contributed by atoms with E-state index >= 15 is 0 Å². The Morgan fingerprint density at radius 3 is 2.10 bits per heavy atom. The van der Waals surface area contributed by atoms with Gasteiger partial charge in [-0.15, -0.1) is 24.0 Å². The number of alkyl halides is 1. The quantitative estimate of drug-likeness (QED) is 0.517. The van der Waals surface area contributed by atoms with Crippen LogP contribution in [0, 0.1) is 0 Å². The zero-order chi connectivity index (χ0) is 14.3. The highest BCUT2D eigenvalue weighted by molar-refractivity contribution is 6.17. The van der Waals surface area contributed by atoms with Crippen LogP contribution in [0.1, 0.15) is 28.8 Å². The fourth-order valence-electron chi connectivity index (χ4n) is 1.84. The molecule has 0 saturated carbocycles. The van der Waals surface area contributed by atoms with Crippen LogP contribution in [-0.2, 0) is 5.88 Å². The van der Waals surface area contributed by atoms with E-state index in [0.717, 1.165) is 37.1 Å². The number of hydrogen-bond acceptors (Lipinski definition) is 3. The molecule has 6 heteroatoms. The van der Waals surface area contributed by atoms with Crippen LogP contribution in [0.2, 0.25) is 0 Å². The predicted octanol–water partition coefficient (Wildman–Crippen LogP) is 2.50. The Morgan fingerprint density at radius 2 is 1.70 bits per heavy atom. The van der Waals surface area contributed by atoms with Crippen molar-refractivity contribution in [2.45, 2.75) is 18.7 Å². The maximum atomic E-state index is 11.9. The normalized spacial score (nSPS) is 13.6. The van der Waals surface area contributed by atoms with Crippen molar-refractivity contribution < 1.29 is 4.79 Å².